The molecule has 0 saturated carbocycles. The number of rotatable bonds is 6. The van der Waals surface area contributed by atoms with Crippen LogP contribution in [-0.4, -0.2) is 32.4 Å². The van der Waals surface area contributed by atoms with E-state index in [-0.39, 0.29) is 5.91 Å². The molecule has 0 aromatic carbocycles. The fraction of sp³-hybridized carbons (Fsp3) is 0.357. The van der Waals surface area contributed by atoms with Crippen LogP contribution < -0.4 is 5.32 Å². The average molecular weight is 275 g/mol. The first-order valence-corrected chi connectivity index (χ1v) is 6.58. The Morgan fingerprint density at radius 1 is 1.45 bits per heavy atom. The van der Waals surface area contributed by atoms with Gasteiger partial charge >= 0.3 is 5.97 Å². The molecular formula is C14H17N3O3. The van der Waals surface area contributed by atoms with Crippen molar-refractivity contribution < 1.29 is 14.7 Å². The quantitative estimate of drug-likeness (QED) is 0.840. The van der Waals surface area contributed by atoms with Crippen LogP contribution in [0.4, 0.5) is 0 Å². The molecule has 0 saturated heterocycles. The van der Waals surface area contributed by atoms with E-state index in [0.717, 1.165) is 18.5 Å². The minimum absolute atomic E-state index is 0.385. The molecule has 0 aliphatic carbocycles. The van der Waals surface area contributed by atoms with Gasteiger partial charge in [-0.15, -0.1) is 0 Å². The highest BCUT2D eigenvalue weighted by atomic mass is 16.4. The zero-order valence-electron chi connectivity index (χ0n) is 11.2. The number of hydrogen-bond donors (Lipinski definition) is 2. The van der Waals surface area contributed by atoms with E-state index in [4.69, 9.17) is 5.11 Å². The first kappa shape index (κ1) is 14.0. The number of fused-ring (bicyclic) bond motifs is 1. The molecular weight excluding hydrogens is 258 g/mol. The molecule has 2 aromatic rings. The molecule has 0 spiro atoms. The molecule has 0 aliphatic heterocycles. The van der Waals surface area contributed by atoms with Crippen LogP contribution in [0.3, 0.4) is 0 Å². The van der Waals surface area contributed by atoms with Gasteiger partial charge in [-0.1, -0.05) is 19.8 Å². The standard InChI is InChI=1S/C14H17N3O3/c1-2-3-4-11(14(19)20)16-13(18)10-5-6-12-15-7-8-17(12)9-10/h5-9,11H,2-4H2,1H3,(H,16,18)(H,19,20)/t11-/m0/s1. The van der Waals surface area contributed by atoms with Crippen molar-refractivity contribution in [2.75, 3.05) is 0 Å². The molecule has 0 bridgehead atoms. The van der Waals surface area contributed by atoms with Gasteiger partial charge in [0.15, 0.2) is 0 Å². The summed E-state index contributed by atoms with van der Waals surface area (Å²) in [5.74, 6) is -1.39. The summed E-state index contributed by atoms with van der Waals surface area (Å²) in [5.41, 5.74) is 1.15. The molecule has 0 radical (unpaired) electrons. The summed E-state index contributed by atoms with van der Waals surface area (Å²) in [6, 6.07) is 2.51. The molecule has 6 heteroatoms. The number of carboxylic acid groups (broad SMARTS) is 1. The van der Waals surface area contributed by atoms with Crippen LogP contribution in [0.15, 0.2) is 30.7 Å². The lowest BCUT2D eigenvalue weighted by Crippen LogP contribution is -2.40. The number of nitrogens with zero attached hydrogens (tertiary/aromatic N) is 2. The number of carbonyl (C=O) groups excluding carboxylic acids is 1. The monoisotopic (exact) mass is 275 g/mol. The minimum Gasteiger partial charge on any atom is -0.480 e. The van der Waals surface area contributed by atoms with Crippen LogP contribution in [-0.2, 0) is 4.79 Å². The first-order valence-electron chi connectivity index (χ1n) is 6.58. The third-order valence-electron chi connectivity index (χ3n) is 3.10. The highest BCUT2D eigenvalue weighted by molar-refractivity contribution is 5.96. The van der Waals surface area contributed by atoms with Crippen molar-refractivity contribution in [2.24, 2.45) is 0 Å². The highest BCUT2D eigenvalue weighted by Gasteiger charge is 2.20. The molecule has 0 unspecified atom stereocenters. The minimum atomic E-state index is -1.00. The highest BCUT2D eigenvalue weighted by Crippen LogP contribution is 2.07. The van der Waals surface area contributed by atoms with Crippen molar-refractivity contribution >= 4 is 17.5 Å². The molecule has 1 amide bonds. The van der Waals surface area contributed by atoms with E-state index < -0.39 is 12.0 Å². The van der Waals surface area contributed by atoms with Gasteiger partial charge in [-0.3, -0.25) is 4.79 Å². The zero-order chi connectivity index (χ0) is 14.5. The van der Waals surface area contributed by atoms with Gasteiger partial charge in [-0.05, 0) is 18.6 Å². The lowest BCUT2D eigenvalue weighted by molar-refractivity contribution is -0.139. The predicted octanol–water partition coefficient (Wildman–Crippen LogP) is 1.71. The molecule has 2 aromatic heterocycles. The third-order valence-corrected chi connectivity index (χ3v) is 3.10. The Morgan fingerprint density at radius 3 is 2.95 bits per heavy atom. The lowest BCUT2D eigenvalue weighted by Gasteiger charge is -2.14. The van der Waals surface area contributed by atoms with Gasteiger partial charge in [0.1, 0.15) is 11.7 Å². The van der Waals surface area contributed by atoms with E-state index in [1.165, 1.54) is 0 Å². The number of carboxylic acids is 1. The Morgan fingerprint density at radius 2 is 2.25 bits per heavy atom. The van der Waals surface area contributed by atoms with Crippen molar-refractivity contribution in [1.82, 2.24) is 14.7 Å². The maximum atomic E-state index is 12.1. The Labute approximate surface area is 116 Å². The molecule has 2 heterocycles. The van der Waals surface area contributed by atoms with Crippen LogP contribution in [0.5, 0.6) is 0 Å². The number of carbonyl (C=O) groups is 2. The average Bonchev–Trinajstić information content (AvgIpc) is 2.90. The maximum absolute atomic E-state index is 12.1. The van der Waals surface area contributed by atoms with Crippen LogP contribution in [0.2, 0.25) is 0 Å². The normalized spacial score (nSPS) is 12.2. The molecule has 6 nitrogen and oxygen atoms in total. The SMILES string of the molecule is CCCC[C@H](NC(=O)c1ccc2nccn2c1)C(=O)O. The fourth-order valence-corrected chi connectivity index (χ4v) is 1.96. The van der Waals surface area contributed by atoms with Gasteiger partial charge in [0, 0.05) is 18.6 Å². The summed E-state index contributed by atoms with van der Waals surface area (Å²) in [6.45, 7) is 1.98. The molecule has 20 heavy (non-hydrogen) atoms. The van der Waals surface area contributed by atoms with Crippen molar-refractivity contribution in [3.63, 3.8) is 0 Å². The second kappa shape index (κ2) is 6.18. The van der Waals surface area contributed by atoms with E-state index >= 15 is 0 Å². The Kier molecular flexibility index (Phi) is 4.34. The van der Waals surface area contributed by atoms with Gasteiger partial charge in [0.25, 0.3) is 5.91 Å². The van der Waals surface area contributed by atoms with Gasteiger partial charge in [-0.25, -0.2) is 9.78 Å². The fourth-order valence-electron chi connectivity index (χ4n) is 1.96. The number of aromatic nitrogens is 2. The topological polar surface area (TPSA) is 83.7 Å². The van der Waals surface area contributed by atoms with Crippen molar-refractivity contribution in [3.8, 4) is 0 Å². The Balaban J connectivity index is 2.10. The zero-order valence-corrected chi connectivity index (χ0v) is 11.2. The Hall–Kier alpha value is -2.37. The van der Waals surface area contributed by atoms with Crippen LogP contribution in [0.25, 0.3) is 5.65 Å². The third kappa shape index (κ3) is 3.14. The second-order valence-corrected chi connectivity index (χ2v) is 4.62. The largest absolute Gasteiger partial charge is 0.480 e. The summed E-state index contributed by atoms with van der Waals surface area (Å²) in [6.07, 6.45) is 7.09. The van der Waals surface area contributed by atoms with Gasteiger partial charge in [0.05, 0.1) is 5.56 Å². The van der Waals surface area contributed by atoms with Gasteiger partial charge < -0.3 is 14.8 Å². The summed E-state index contributed by atoms with van der Waals surface area (Å²) in [5, 5.41) is 11.7. The van der Waals surface area contributed by atoms with Gasteiger partial charge in [0.2, 0.25) is 0 Å². The molecule has 0 aliphatic rings. The van der Waals surface area contributed by atoms with Crippen LogP contribution >= 0.6 is 0 Å². The van der Waals surface area contributed by atoms with E-state index in [1.54, 1.807) is 35.1 Å². The van der Waals surface area contributed by atoms with Crippen LogP contribution in [0, 0.1) is 0 Å². The number of aliphatic carboxylic acids is 1. The number of amides is 1. The number of nitrogens with one attached hydrogen (secondary N) is 1. The molecule has 106 valence electrons. The Bertz CT molecular complexity index is 621. The summed E-state index contributed by atoms with van der Waals surface area (Å²) in [4.78, 5) is 27.3. The predicted molar refractivity (Wildman–Crippen MR) is 73.6 cm³/mol. The lowest BCUT2D eigenvalue weighted by atomic mass is 10.1. The molecule has 1 atom stereocenters. The summed E-state index contributed by atoms with van der Waals surface area (Å²) in [7, 11) is 0. The van der Waals surface area contributed by atoms with Gasteiger partial charge in [-0.2, -0.15) is 0 Å². The number of imidazole rings is 1. The summed E-state index contributed by atoms with van der Waals surface area (Å²) < 4.78 is 1.72. The van der Waals surface area contributed by atoms with Crippen molar-refractivity contribution in [1.29, 1.82) is 0 Å². The van der Waals surface area contributed by atoms with E-state index in [9.17, 15) is 9.59 Å². The smallest absolute Gasteiger partial charge is 0.326 e. The van der Waals surface area contributed by atoms with Crippen molar-refractivity contribution in [3.05, 3.63) is 36.3 Å². The second-order valence-electron chi connectivity index (χ2n) is 4.62. The maximum Gasteiger partial charge on any atom is 0.326 e. The summed E-state index contributed by atoms with van der Waals surface area (Å²) >= 11 is 0. The molecule has 2 N–H and O–H groups in total. The molecule has 0 fully saturated rings. The molecule has 2 rings (SSSR count). The first-order chi connectivity index (χ1) is 9.61. The van der Waals surface area contributed by atoms with Crippen molar-refractivity contribution in [2.45, 2.75) is 32.2 Å². The number of hydrogen-bond acceptors (Lipinski definition) is 3. The number of pyridine rings is 1. The number of unbranched alkanes of at least 4 members (excludes halogenated alkanes) is 1. The van der Waals surface area contributed by atoms with E-state index in [1.807, 2.05) is 6.92 Å². The van der Waals surface area contributed by atoms with E-state index in [0.29, 0.717) is 12.0 Å². The van der Waals surface area contributed by atoms with E-state index in [2.05, 4.69) is 10.3 Å². The van der Waals surface area contributed by atoms with Crippen LogP contribution in [0.1, 0.15) is 36.5 Å².